The lowest BCUT2D eigenvalue weighted by molar-refractivity contribution is 0.669. The van der Waals surface area contributed by atoms with Gasteiger partial charge >= 0.3 is 0 Å². The average Bonchev–Trinajstić information content (AvgIpc) is 3.83. The Morgan fingerprint density at radius 1 is 0.382 bits per heavy atom. The molecule has 0 aliphatic heterocycles. The van der Waals surface area contributed by atoms with Crippen LogP contribution in [0.1, 0.15) is 0 Å². The molecule has 55 heavy (non-hydrogen) atoms. The van der Waals surface area contributed by atoms with Crippen molar-refractivity contribution in [1.29, 1.82) is 0 Å². The van der Waals surface area contributed by atoms with Crippen molar-refractivity contribution in [3.8, 4) is 33.4 Å². The third-order valence-electron chi connectivity index (χ3n) is 10.8. The summed E-state index contributed by atoms with van der Waals surface area (Å²) in [6, 6.07) is 72.2. The molecule has 0 aliphatic rings. The van der Waals surface area contributed by atoms with Crippen LogP contribution in [0.3, 0.4) is 0 Å². The normalized spacial score (nSPS) is 11.6. The molecular formula is C52H33NOS. The molecule has 0 unspecified atom stereocenters. The number of benzene rings is 9. The van der Waals surface area contributed by atoms with Gasteiger partial charge in [0, 0.05) is 42.3 Å². The number of hydrogen-bond acceptors (Lipinski definition) is 3. The molecule has 0 aliphatic carbocycles. The molecule has 258 valence electrons. The zero-order valence-corrected chi connectivity index (χ0v) is 30.6. The Morgan fingerprint density at radius 2 is 1.00 bits per heavy atom. The molecule has 0 N–H and O–H groups in total. The lowest BCUT2D eigenvalue weighted by Crippen LogP contribution is -2.10. The van der Waals surface area contributed by atoms with Crippen molar-refractivity contribution in [2.45, 2.75) is 0 Å². The van der Waals surface area contributed by atoms with Gasteiger partial charge in [0.25, 0.3) is 0 Å². The fraction of sp³-hybridized carbons (Fsp3) is 0. The molecule has 2 nitrogen and oxygen atoms in total. The first-order valence-electron chi connectivity index (χ1n) is 18.7. The number of para-hydroxylation sites is 2. The molecule has 0 fully saturated rings. The van der Waals surface area contributed by atoms with E-state index in [9.17, 15) is 0 Å². The maximum atomic E-state index is 6.74. The van der Waals surface area contributed by atoms with Gasteiger partial charge in [0.05, 0.1) is 5.69 Å². The smallest absolute Gasteiger partial charge is 0.159 e. The van der Waals surface area contributed by atoms with Gasteiger partial charge in [-0.15, -0.1) is 11.3 Å². The van der Waals surface area contributed by atoms with E-state index in [1.807, 2.05) is 17.4 Å². The van der Waals surface area contributed by atoms with Crippen LogP contribution in [0, 0.1) is 0 Å². The Hall–Kier alpha value is -6.94. The Labute approximate surface area is 322 Å². The van der Waals surface area contributed by atoms with E-state index >= 15 is 0 Å². The molecule has 11 rings (SSSR count). The minimum atomic E-state index is 0.861. The molecule has 0 atom stereocenters. The maximum absolute atomic E-state index is 6.74. The van der Waals surface area contributed by atoms with Gasteiger partial charge in [-0.25, -0.2) is 0 Å². The van der Waals surface area contributed by atoms with E-state index < -0.39 is 0 Å². The predicted octanol–water partition coefficient (Wildman–Crippen LogP) is 15.6. The van der Waals surface area contributed by atoms with E-state index in [-0.39, 0.29) is 0 Å². The second-order valence-electron chi connectivity index (χ2n) is 14.1. The number of anilines is 3. The third-order valence-corrected chi connectivity index (χ3v) is 12.1. The van der Waals surface area contributed by atoms with Crippen molar-refractivity contribution in [3.05, 3.63) is 200 Å². The number of furan rings is 1. The number of nitrogens with zero attached hydrogens (tertiary/aromatic N) is 1. The number of rotatable bonds is 6. The highest BCUT2D eigenvalue weighted by Gasteiger charge is 2.22. The van der Waals surface area contributed by atoms with Crippen molar-refractivity contribution in [2.24, 2.45) is 0 Å². The molecule has 0 spiro atoms. The minimum absolute atomic E-state index is 0.861. The highest BCUT2D eigenvalue weighted by Crippen LogP contribution is 2.47. The summed E-state index contributed by atoms with van der Waals surface area (Å²) in [7, 11) is 0. The number of fused-ring (bicyclic) bond motifs is 7. The van der Waals surface area contributed by atoms with Gasteiger partial charge in [-0.05, 0) is 92.7 Å². The van der Waals surface area contributed by atoms with Crippen LogP contribution in [0.25, 0.3) is 86.3 Å². The van der Waals surface area contributed by atoms with E-state index in [2.05, 4.69) is 199 Å². The average molecular weight is 720 g/mol. The van der Waals surface area contributed by atoms with Crippen molar-refractivity contribution in [2.75, 3.05) is 4.90 Å². The summed E-state index contributed by atoms with van der Waals surface area (Å²) in [6.45, 7) is 0. The number of hydrogen-bond donors (Lipinski definition) is 0. The Morgan fingerprint density at radius 3 is 1.87 bits per heavy atom. The predicted molar refractivity (Wildman–Crippen MR) is 235 cm³/mol. The number of thiophene rings is 1. The van der Waals surface area contributed by atoms with E-state index in [4.69, 9.17) is 4.42 Å². The Balaban J connectivity index is 1.21. The largest absolute Gasteiger partial charge is 0.454 e. The molecule has 11 aromatic rings. The van der Waals surface area contributed by atoms with Crippen molar-refractivity contribution >= 4 is 81.3 Å². The lowest BCUT2D eigenvalue weighted by atomic mass is 9.93. The second kappa shape index (κ2) is 12.9. The van der Waals surface area contributed by atoms with Gasteiger partial charge in [-0.2, -0.15) is 0 Å². The zero-order valence-electron chi connectivity index (χ0n) is 29.8. The van der Waals surface area contributed by atoms with Crippen molar-refractivity contribution < 1.29 is 4.42 Å². The van der Waals surface area contributed by atoms with Gasteiger partial charge in [-0.3, -0.25) is 0 Å². The summed E-state index contributed by atoms with van der Waals surface area (Å²) >= 11 is 1.87. The van der Waals surface area contributed by atoms with E-state index in [1.54, 1.807) is 0 Å². The summed E-state index contributed by atoms with van der Waals surface area (Å²) in [5.74, 6) is 0. The lowest BCUT2D eigenvalue weighted by Gasteiger charge is -2.27. The molecule has 0 radical (unpaired) electrons. The van der Waals surface area contributed by atoms with Crippen molar-refractivity contribution in [1.82, 2.24) is 0 Å². The summed E-state index contributed by atoms with van der Waals surface area (Å²) in [4.78, 5) is 2.38. The van der Waals surface area contributed by atoms with Gasteiger partial charge in [0.15, 0.2) is 5.58 Å². The van der Waals surface area contributed by atoms with Crippen molar-refractivity contribution in [3.63, 3.8) is 0 Å². The van der Waals surface area contributed by atoms with Crippen LogP contribution in [-0.4, -0.2) is 0 Å². The molecular weight excluding hydrogens is 687 g/mol. The first kappa shape index (κ1) is 31.6. The van der Waals surface area contributed by atoms with Gasteiger partial charge in [0.2, 0.25) is 0 Å². The van der Waals surface area contributed by atoms with E-state index in [0.717, 1.165) is 44.6 Å². The van der Waals surface area contributed by atoms with Crippen LogP contribution < -0.4 is 4.90 Å². The summed E-state index contributed by atoms with van der Waals surface area (Å²) in [5.41, 5.74) is 11.9. The van der Waals surface area contributed by atoms with Crippen LogP contribution >= 0.6 is 11.3 Å². The maximum Gasteiger partial charge on any atom is 0.159 e. The summed E-state index contributed by atoms with van der Waals surface area (Å²) < 4.78 is 9.33. The molecule has 3 heteroatoms. The summed E-state index contributed by atoms with van der Waals surface area (Å²) in [5, 5.41) is 7.24. The molecule has 0 amide bonds. The van der Waals surface area contributed by atoms with Crippen LogP contribution in [0.2, 0.25) is 0 Å². The SMILES string of the molecule is c1ccc(-c2ccc(N(c3cc(-c4cccc5ccccc45)cc(-c4cccc5c4sc4ccccc45)c3)c3cccc4c3oc3ccccc34)cc2)cc1. The quantitative estimate of drug-likeness (QED) is 0.170. The molecule has 2 heterocycles. The van der Waals surface area contributed by atoms with Gasteiger partial charge in [0.1, 0.15) is 5.58 Å². The minimum Gasteiger partial charge on any atom is -0.454 e. The molecule has 0 saturated carbocycles. The van der Waals surface area contributed by atoms with Crippen LogP contribution in [0.5, 0.6) is 0 Å². The van der Waals surface area contributed by atoms with E-state index in [0.29, 0.717) is 0 Å². The fourth-order valence-electron chi connectivity index (χ4n) is 8.27. The summed E-state index contributed by atoms with van der Waals surface area (Å²) in [6.07, 6.45) is 0. The zero-order chi connectivity index (χ0) is 36.3. The highest BCUT2D eigenvalue weighted by atomic mass is 32.1. The van der Waals surface area contributed by atoms with Crippen LogP contribution in [0.15, 0.2) is 205 Å². The second-order valence-corrected chi connectivity index (χ2v) is 15.1. The Bertz CT molecular complexity index is 3200. The monoisotopic (exact) mass is 719 g/mol. The third kappa shape index (κ3) is 5.32. The van der Waals surface area contributed by atoms with E-state index in [1.165, 1.54) is 58.8 Å². The molecule has 0 saturated heterocycles. The first-order valence-corrected chi connectivity index (χ1v) is 19.5. The fourth-order valence-corrected chi connectivity index (χ4v) is 9.51. The topological polar surface area (TPSA) is 16.4 Å². The van der Waals surface area contributed by atoms with Gasteiger partial charge < -0.3 is 9.32 Å². The molecule has 2 aromatic heterocycles. The molecule has 9 aromatic carbocycles. The first-order chi connectivity index (χ1) is 27.3. The highest BCUT2D eigenvalue weighted by molar-refractivity contribution is 7.26. The van der Waals surface area contributed by atoms with Gasteiger partial charge in [-0.1, -0.05) is 152 Å². The van der Waals surface area contributed by atoms with Crippen LogP contribution in [0.4, 0.5) is 17.1 Å². The molecule has 0 bridgehead atoms. The van der Waals surface area contributed by atoms with Crippen LogP contribution in [-0.2, 0) is 0 Å². The standard InChI is InChI=1S/C52H33NOS/c1-2-13-34(14-3-1)35-27-29-39(30-28-35)53(48-24-12-22-46-44-18-6-8-25-49(44)54-51(46)48)40-32-37(42-20-10-16-36-15-4-5-17-41(36)42)31-38(33-40)43-21-11-23-47-45-19-7-9-26-50(45)55-52(43)47/h1-33H. The Kier molecular flexibility index (Phi) is 7.39.